The summed E-state index contributed by atoms with van der Waals surface area (Å²) in [7, 11) is 0. The molecule has 0 aromatic heterocycles. The molecule has 1 N–H and O–H groups in total. The molecule has 2 aliphatic heterocycles. The van der Waals surface area contributed by atoms with Crippen LogP contribution in [0.25, 0.3) is 0 Å². The predicted molar refractivity (Wildman–Crippen MR) is 71.2 cm³/mol. The minimum Gasteiger partial charge on any atom is -0.374 e. The normalized spacial score (nSPS) is 41.1. The molecule has 0 amide bonds. The summed E-state index contributed by atoms with van der Waals surface area (Å²) in [5, 5.41) is 3.55. The first-order chi connectivity index (χ1) is 8.07. The van der Waals surface area contributed by atoms with Crippen LogP contribution >= 0.6 is 0 Å². The zero-order chi connectivity index (χ0) is 12.3. The standard InChI is InChI=1S/C14H28N2O/c1-12-7-15-8-13(2)10-16(9-12)11-14(3)5-4-6-17-14/h12-13,15H,4-11H2,1-3H3. The maximum Gasteiger partial charge on any atom is 0.0781 e. The Labute approximate surface area is 106 Å². The van der Waals surface area contributed by atoms with Gasteiger partial charge in [-0.1, -0.05) is 13.8 Å². The lowest BCUT2D eigenvalue weighted by Crippen LogP contribution is -2.48. The molecule has 17 heavy (non-hydrogen) atoms. The summed E-state index contributed by atoms with van der Waals surface area (Å²) in [5.41, 5.74) is 0.117. The van der Waals surface area contributed by atoms with Crippen LogP contribution in [-0.4, -0.2) is 49.8 Å². The molecule has 0 radical (unpaired) electrons. The van der Waals surface area contributed by atoms with Gasteiger partial charge in [-0.2, -0.15) is 0 Å². The highest BCUT2D eigenvalue weighted by molar-refractivity contribution is 4.85. The van der Waals surface area contributed by atoms with Crippen LogP contribution in [0.4, 0.5) is 0 Å². The second-order valence-electron chi connectivity index (χ2n) is 6.46. The lowest BCUT2D eigenvalue weighted by molar-refractivity contribution is -0.0157. The summed E-state index contributed by atoms with van der Waals surface area (Å²) >= 11 is 0. The molecule has 2 fully saturated rings. The van der Waals surface area contributed by atoms with Crippen LogP contribution in [0.5, 0.6) is 0 Å². The maximum atomic E-state index is 5.93. The summed E-state index contributed by atoms with van der Waals surface area (Å²) < 4.78 is 5.93. The Hall–Kier alpha value is -0.120. The molecular formula is C14H28N2O. The van der Waals surface area contributed by atoms with Crippen LogP contribution in [0.1, 0.15) is 33.6 Å². The van der Waals surface area contributed by atoms with Crippen molar-refractivity contribution in [2.45, 2.75) is 39.2 Å². The average Bonchev–Trinajstić information content (AvgIpc) is 2.62. The van der Waals surface area contributed by atoms with Gasteiger partial charge in [-0.25, -0.2) is 0 Å². The Kier molecular flexibility index (Phi) is 4.45. The van der Waals surface area contributed by atoms with Crippen molar-refractivity contribution in [3.63, 3.8) is 0 Å². The molecule has 2 rings (SSSR count). The lowest BCUT2D eigenvalue weighted by Gasteiger charge is -2.36. The van der Waals surface area contributed by atoms with Crippen LogP contribution in [0.15, 0.2) is 0 Å². The number of nitrogens with one attached hydrogen (secondary N) is 1. The highest BCUT2D eigenvalue weighted by Crippen LogP contribution is 2.26. The van der Waals surface area contributed by atoms with Crippen molar-refractivity contribution in [1.82, 2.24) is 10.2 Å². The molecule has 3 unspecified atom stereocenters. The number of nitrogens with zero attached hydrogens (tertiary/aromatic N) is 1. The average molecular weight is 240 g/mol. The summed E-state index contributed by atoms with van der Waals surface area (Å²) in [6.45, 7) is 13.7. The highest BCUT2D eigenvalue weighted by atomic mass is 16.5. The second kappa shape index (κ2) is 5.68. The third kappa shape index (κ3) is 3.94. The molecule has 0 saturated carbocycles. The van der Waals surface area contributed by atoms with E-state index in [-0.39, 0.29) is 5.60 Å². The molecular weight excluding hydrogens is 212 g/mol. The molecule has 0 aromatic carbocycles. The van der Waals surface area contributed by atoms with E-state index in [1.165, 1.54) is 25.9 Å². The van der Waals surface area contributed by atoms with E-state index in [4.69, 9.17) is 4.74 Å². The second-order valence-corrected chi connectivity index (χ2v) is 6.46. The number of hydrogen-bond acceptors (Lipinski definition) is 3. The van der Waals surface area contributed by atoms with Crippen molar-refractivity contribution in [3.8, 4) is 0 Å². The van der Waals surface area contributed by atoms with Crippen molar-refractivity contribution in [2.24, 2.45) is 11.8 Å². The maximum absolute atomic E-state index is 5.93. The Balaban J connectivity index is 1.91. The van der Waals surface area contributed by atoms with Gasteiger partial charge in [0.15, 0.2) is 0 Å². The van der Waals surface area contributed by atoms with E-state index in [0.29, 0.717) is 0 Å². The minimum absolute atomic E-state index is 0.117. The van der Waals surface area contributed by atoms with E-state index in [1.54, 1.807) is 0 Å². The molecule has 2 aliphatic rings. The molecule has 3 heteroatoms. The monoisotopic (exact) mass is 240 g/mol. The van der Waals surface area contributed by atoms with E-state index in [2.05, 4.69) is 31.0 Å². The van der Waals surface area contributed by atoms with E-state index in [0.717, 1.165) is 38.1 Å². The minimum atomic E-state index is 0.117. The molecule has 0 aromatic rings. The zero-order valence-electron chi connectivity index (χ0n) is 11.7. The first kappa shape index (κ1) is 13.3. The quantitative estimate of drug-likeness (QED) is 0.795. The number of hydrogen-bond donors (Lipinski definition) is 1. The van der Waals surface area contributed by atoms with Crippen LogP contribution in [-0.2, 0) is 4.74 Å². The SMILES string of the molecule is CC1CNCC(C)CN(CC2(C)CCCO2)C1. The van der Waals surface area contributed by atoms with Crippen molar-refractivity contribution in [1.29, 1.82) is 0 Å². The largest absolute Gasteiger partial charge is 0.374 e. The first-order valence-corrected chi connectivity index (χ1v) is 7.14. The van der Waals surface area contributed by atoms with Gasteiger partial charge in [0, 0.05) is 26.2 Å². The Morgan fingerprint density at radius 3 is 2.41 bits per heavy atom. The third-order valence-electron chi connectivity index (χ3n) is 3.98. The Bertz CT molecular complexity index is 226. The molecule has 0 aliphatic carbocycles. The smallest absolute Gasteiger partial charge is 0.0781 e. The van der Waals surface area contributed by atoms with Crippen LogP contribution in [0, 0.1) is 11.8 Å². The van der Waals surface area contributed by atoms with E-state index in [9.17, 15) is 0 Å². The molecule has 2 heterocycles. The van der Waals surface area contributed by atoms with Crippen LogP contribution < -0.4 is 5.32 Å². The molecule has 0 bridgehead atoms. The zero-order valence-corrected chi connectivity index (χ0v) is 11.7. The van der Waals surface area contributed by atoms with Crippen molar-refractivity contribution in [2.75, 3.05) is 39.3 Å². The van der Waals surface area contributed by atoms with Crippen molar-refractivity contribution >= 4 is 0 Å². The summed E-state index contributed by atoms with van der Waals surface area (Å²) in [5.74, 6) is 1.49. The Morgan fingerprint density at radius 1 is 1.24 bits per heavy atom. The summed E-state index contributed by atoms with van der Waals surface area (Å²) in [4.78, 5) is 2.63. The molecule has 0 spiro atoms. The van der Waals surface area contributed by atoms with Crippen molar-refractivity contribution in [3.05, 3.63) is 0 Å². The van der Waals surface area contributed by atoms with Gasteiger partial charge in [0.05, 0.1) is 5.60 Å². The number of ether oxygens (including phenoxy) is 1. The summed E-state index contributed by atoms with van der Waals surface area (Å²) in [6, 6.07) is 0. The molecule has 3 atom stereocenters. The van der Waals surface area contributed by atoms with Gasteiger partial charge in [-0.05, 0) is 44.7 Å². The first-order valence-electron chi connectivity index (χ1n) is 7.14. The van der Waals surface area contributed by atoms with Crippen molar-refractivity contribution < 1.29 is 4.74 Å². The van der Waals surface area contributed by atoms with E-state index in [1.807, 2.05) is 0 Å². The molecule has 3 nitrogen and oxygen atoms in total. The molecule has 2 saturated heterocycles. The van der Waals surface area contributed by atoms with Crippen LogP contribution in [0.2, 0.25) is 0 Å². The fourth-order valence-corrected chi connectivity index (χ4v) is 3.22. The summed E-state index contributed by atoms with van der Waals surface area (Å²) in [6.07, 6.45) is 2.46. The van der Waals surface area contributed by atoms with Gasteiger partial charge >= 0.3 is 0 Å². The lowest BCUT2D eigenvalue weighted by atomic mass is 9.99. The van der Waals surface area contributed by atoms with Gasteiger partial charge in [0.1, 0.15) is 0 Å². The van der Waals surface area contributed by atoms with E-state index >= 15 is 0 Å². The molecule has 100 valence electrons. The Morgan fingerprint density at radius 2 is 1.88 bits per heavy atom. The third-order valence-corrected chi connectivity index (χ3v) is 3.98. The van der Waals surface area contributed by atoms with Crippen LogP contribution in [0.3, 0.4) is 0 Å². The van der Waals surface area contributed by atoms with Gasteiger partial charge in [-0.15, -0.1) is 0 Å². The van der Waals surface area contributed by atoms with Gasteiger partial charge in [0.25, 0.3) is 0 Å². The predicted octanol–water partition coefficient (Wildman–Crippen LogP) is 1.73. The van der Waals surface area contributed by atoms with Gasteiger partial charge < -0.3 is 10.1 Å². The van der Waals surface area contributed by atoms with E-state index < -0.39 is 0 Å². The fourth-order valence-electron chi connectivity index (χ4n) is 3.22. The van der Waals surface area contributed by atoms with Gasteiger partial charge in [0.2, 0.25) is 0 Å². The topological polar surface area (TPSA) is 24.5 Å². The highest BCUT2D eigenvalue weighted by Gasteiger charge is 2.32. The number of rotatable bonds is 2. The van der Waals surface area contributed by atoms with Gasteiger partial charge in [-0.3, -0.25) is 4.90 Å². The fraction of sp³-hybridized carbons (Fsp3) is 1.00.